The lowest BCUT2D eigenvalue weighted by Gasteiger charge is -2.23. The molecule has 3 atom stereocenters. The molecule has 4 nitrogen and oxygen atoms in total. The van der Waals surface area contributed by atoms with Gasteiger partial charge in [0, 0.05) is 24.2 Å². The molecule has 1 aliphatic heterocycles. The van der Waals surface area contributed by atoms with Gasteiger partial charge in [-0.3, -0.25) is 0 Å². The van der Waals surface area contributed by atoms with Crippen molar-refractivity contribution in [3.63, 3.8) is 0 Å². The van der Waals surface area contributed by atoms with E-state index in [2.05, 4.69) is 10.6 Å². The lowest BCUT2D eigenvalue weighted by atomic mass is 9.88. The van der Waals surface area contributed by atoms with Crippen LogP contribution in [0, 0.1) is 22.7 Å². The van der Waals surface area contributed by atoms with Gasteiger partial charge in [-0.25, -0.2) is 0 Å². The molecule has 3 rings (SSSR count). The van der Waals surface area contributed by atoms with Crippen LogP contribution in [0.25, 0.3) is 0 Å². The van der Waals surface area contributed by atoms with Gasteiger partial charge in [-0.2, -0.15) is 36.9 Å². The van der Waals surface area contributed by atoms with Crippen molar-refractivity contribution < 1.29 is 26.3 Å². The minimum atomic E-state index is -4.85. The van der Waals surface area contributed by atoms with E-state index in [0.717, 1.165) is 12.1 Å². The maximum atomic E-state index is 13.6. The standard InChI is InChI=1S/C21H16F6N4/c22-20(23,24)18-7-13(3-4-14(18)10-29)17-8-16(31-19(17)21(25,26)27)11-30-15-5-1-12(9-28)2-6-15/h1-7,16-17,19,30-31H,8,11H2/t16-,17?,19-/m1/s1. The number of benzene rings is 2. The van der Waals surface area contributed by atoms with Crippen LogP contribution in [-0.4, -0.2) is 24.8 Å². The van der Waals surface area contributed by atoms with E-state index in [1.165, 1.54) is 6.07 Å². The second-order valence-electron chi connectivity index (χ2n) is 7.21. The lowest BCUT2D eigenvalue weighted by molar-refractivity contribution is -0.155. The first kappa shape index (κ1) is 22.4. The van der Waals surface area contributed by atoms with Gasteiger partial charge >= 0.3 is 12.4 Å². The summed E-state index contributed by atoms with van der Waals surface area (Å²) >= 11 is 0. The predicted molar refractivity (Wildman–Crippen MR) is 99.9 cm³/mol. The Morgan fingerprint density at radius 1 is 0.968 bits per heavy atom. The summed E-state index contributed by atoms with van der Waals surface area (Å²) in [4.78, 5) is 0. The smallest absolute Gasteiger partial charge is 0.383 e. The summed E-state index contributed by atoms with van der Waals surface area (Å²) in [5.41, 5.74) is -0.965. The number of alkyl halides is 6. The summed E-state index contributed by atoms with van der Waals surface area (Å²) in [5.74, 6) is -1.23. The first-order valence-corrected chi connectivity index (χ1v) is 9.21. The molecule has 2 aromatic rings. The highest BCUT2D eigenvalue weighted by Gasteiger charge is 2.50. The minimum absolute atomic E-state index is 0.0450. The Bertz CT molecular complexity index is 1010. The molecular weight excluding hydrogens is 422 g/mol. The Morgan fingerprint density at radius 3 is 2.19 bits per heavy atom. The molecule has 31 heavy (non-hydrogen) atoms. The van der Waals surface area contributed by atoms with Crippen LogP contribution in [0.2, 0.25) is 0 Å². The summed E-state index contributed by atoms with van der Waals surface area (Å²) in [5, 5.41) is 23.2. The van der Waals surface area contributed by atoms with Crippen molar-refractivity contribution in [3.8, 4) is 12.1 Å². The molecule has 0 amide bonds. The normalized spacial score (nSPS) is 21.4. The van der Waals surface area contributed by atoms with Crippen LogP contribution < -0.4 is 10.6 Å². The fourth-order valence-electron chi connectivity index (χ4n) is 3.70. The third-order valence-corrected chi connectivity index (χ3v) is 5.17. The molecule has 0 aromatic heterocycles. The largest absolute Gasteiger partial charge is 0.417 e. The van der Waals surface area contributed by atoms with Gasteiger partial charge in [0.1, 0.15) is 6.04 Å². The number of nitrogens with zero attached hydrogens (tertiary/aromatic N) is 2. The average molecular weight is 438 g/mol. The second-order valence-corrected chi connectivity index (χ2v) is 7.21. The third kappa shape index (κ3) is 5.09. The van der Waals surface area contributed by atoms with Gasteiger partial charge in [0.2, 0.25) is 0 Å². The predicted octanol–water partition coefficient (Wildman–Crippen LogP) is 4.94. The van der Waals surface area contributed by atoms with Crippen molar-refractivity contribution >= 4 is 5.69 Å². The average Bonchev–Trinajstić information content (AvgIpc) is 3.16. The first-order valence-electron chi connectivity index (χ1n) is 9.21. The molecule has 1 heterocycles. The summed E-state index contributed by atoms with van der Waals surface area (Å²) in [6.45, 7) is 0.109. The molecule has 1 fully saturated rings. The van der Waals surface area contributed by atoms with Crippen molar-refractivity contribution in [2.45, 2.75) is 36.8 Å². The number of hydrogen-bond donors (Lipinski definition) is 2. The highest BCUT2D eigenvalue weighted by atomic mass is 19.4. The molecular formula is C21H16F6N4. The molecule has 1 unspecified atom stereocenters. The number of nitrogens with one attached hydrogen (secondary N) is 2. The van der Waals surface area contributed by atoms with Gasteiger partial charge in [0.15, 0.2) is 0 Å². The zero-order valence-electron chi connectivity index (χ0n) is 15.8. The van der Waals surface area contributed by atoms with Gasteiger partial charge in [-0.1, -0.05) is 6.07 Å². The fraction of sp³-hybridized carbons (Fsp3) is 0.333. The van der Waals surface area contributed by atoms with Crippen LogP contribution in [0.4, 0.5) is 32.0 Å². The van der Waals surface area contributed by atoms with Crippen LogP contribution in [-0.2, 0) is 6.18 Å². The number of halogens is 6. The van der Waals surface area contributed by atoms with Crippen LogP contribution in [0.1, 0.15) is 34.6 Å². The number of anilines is 1. The Morgan fingerprint density at radius 2 is 1.65 bits per heavy atom. The van der Waals surface area contributed by atoms with Crippen molar-refractivity contribution in [2.24, 2.45) is 0 Å². The van der Waals surface area contributed by atoms with Gasteiger partial charge in [0.25, 0.3) is 0 Å². The van der Waals surface area contributed by atoms with Crippen molar-refractivity contribution in [1.82, 2.24) is 5.32 Å². The molecule has 0 spiro atoms. The Labute approximate surface area is 174 Å². The van der Waals surface area contributed by atoms with Gasteiger partial charge < -0.3 is 10.6 Å². The van der Waals surface area contributed by atoms with E-state index in [4.69, 9.17) is 10.5 Å². The van der Waals surface area contributed by atoms with Gasteiger partial charge in [-0.05, 0) is 48.4 Å². The maximum Gasteiger partial charge on any atom is 0.417 e. The fourth-order valence-corrected chi connectivity index (χ4v) is 3.70. The molecule has 1 saturated heterocycles. The van der Waals surface area contributed by atoms with E-state index in [9.17, 15) is 26.3 Å². The van der Waals surface area contributed by atoms with Crippen LogP contribution in [0.5, 0.6) is 0 Å². The number of nitriles is 2. The van der Waals surface area contributed by atoms with Crippen LogP contribution >= 0.6 is 0 Å². The molecule has 162 valence electrons. The van der Waals surface area contributed by atoms with E-state index >= 15 is 0 Å². The summed E-state index contributed by atoms with van der Waals surface area (Å²) < 4.78 is 80.6. The summed E-state index contributed by atoms with van der Waals surface area (Å²) in [7, 11) is 0. The quantitative estimate of drug-likeness (QED) is 0.664. The van der Waals surface area contributed by atoms with Crippen molar-refractivity contribution in [2.75, 3.05) is 11.9 Å². The van der Waals surface area contributed by atoms with E-state index in [1.54, 1.807) is 24.3 Å². The number of rotatable bonds is 4. The third-order valence-electron chi connectivity index (χ3n) is 5.17. The highest BCUT2D eigenvalue weighted by molar-refractivity contribution is 5.47. The molecule has 0 aliphatic carbocycles. The topological polar surface area (TPSA) is 71.6 Å². The first-order chi connectivity index (χ1) is 14.5. The monoisotopic (exact) mass is 438 g/mol. The van der Waals surface area contributed by atoms with Crippen molar-refractivity contribution in [1.29, 1.82) is 10.5 Å². The second kappa shape index (κ2) is 8.48. The van der Waals surface area contributed by atoms with Gasteiger partial charge in [-0.15, -0.1) is 0 Å². The highest BCUT2D eigenvalue weighted by Crippen LogP contribution is 2.42. The molecule has 10 heteroatoms. The zero-order chi connectivity index (χ0) is 22.8. The molecule has 1 aliphatic rings. The Hall–Kier alpha value is -3.24. The van der Waals surface area contributed by atoms with E-state index < -0.39 is 41.5 Å². The van der Waals surface area contributed by atoms with Crippen LogP contribution in [0.15, 0.2) is 42.5 Å². The van der Waals surface area contributed by atoms with E-state index in [0.29, 0.717) is 17.3 Å². The Kier molecular flexibility index (Phi) is 6.14. The zero-order valence-corrected chi connectivity index (χ0v) is 15.8. The lowest BCUT2D eigenvalue weighted by Crippen LogP contribution is -2.44. The summed E-state index contributed by atoms with van der Waals surface area (Å²) in [6.07, 6.45) is -9.56. The SMILES string of the molecule is N#Cc1ccc(NC[C@H]2CC(c3ccc(C#N)c(C(F)(F)F)c3)[C@H](C(F)(F)F)N2)cc1. The maximum absolute atomic E-state index is 13.6. The van der Waals surface area contributed by atoms with Crippen molar-refractivity contribution in [3.05, 3.63) is 64.7 Å². The molecule has 2 N–H and O–H groups in total. The van der Waals surface area contributed by atoms with Crippen LogP contribution in [0.3, 0.4) is 0 Å². The summed E-state index contributed by atoms with van der Waals surface area (Å²) in [6, 6.07) is 9.75. The Balaban J connectivity index is 1.82. The van der Waals surface area contributed by atoms with Gasteiger partial charge in [0.05, 0.1) is 28.8 Å². The molecule has 2 aromatic carbocycles. The molecule has 0 radical (unpaired) electrons. The van der Waals surface area contributed by atoms with E-state index in [1.807, 2.05) is 6.07 Å². The number of hydrogen-bond acceptors (Lipinski definition) is 4. The minimum Gasteiger partial charge on any atom is -0.383 e. The molecule has 0 bridgehead atoms. The van der Waals surface area contributed by atoms with E-state index in [-0.39, 0.29) is 18.5 Å². The molecule has 0 saturated carbocycles.